The second-order valence-corrected chi connectivity index (χ2v) is 9.94. The van der Waals surface area contributed by atoms with Crippen LogP contribution in [0.1, 0.15) is 105 Å². The number of benzene rings is 2. The van der Waals surface area contributed by atoms with Crippen molar-refractivity contribution in [2.45, 2.75) is 84.5 Å². The van der Waals surface area contributed by atoms with Crippen LogP contribution in [-0.2, 0) is 4.79 Å². The minimum Gasteiger partial charge on any atom is -0.481 e. The van der Waals surface area contributed by atoms with Gasteiger partial charge in [0.1, 0.15) is 0 Å². The molecular weight excluding hydrogens is 436 g/mol. The lowest BCUT2D eigenvalue weighted by Gasteiger charge is -2.24. The number of hydrogen-bond acceptors (Lipinski definition) is 3. The summed E-state index contributed by atoms with van der Waals surface area (Å²) in [5.41, 5.74) is 1.65. The quantitative estimate of drug-likeness (QED) is 0.427. The minimum atomic E-state index is -0.628. The van der Waals surface area contributed by atoms with E-state index in [4.69, 9.17) is 5.11 Å². The minimum absolute atomic E-state index is 0.121. The zero-order chi connectivity index (χ0) is 25.5. The normalized spacial score (nSPS) is 17.1. The Labute approximate surface area is 211 Å². The summed E-state index contributed by atoms with van der Waals surface area (Å²) >= 11 is 0. The predicted molar refractivity (Wildman–Crippen MR) is 142 cm³/mol. The SMILES string of the molecule is CC(=O)c1ccccc1.CC(C(=O)O)C1CCCCC1.O=C(CC1CCCCC1)c1ccccc1. The van der Waals surface area contributed by atoms with Gasteiger partial charge in [-0.15, -0.1) is 0 Å². The first-order chi connectivity index (χ1) is 16.9. The maximum absolute atomic E-state index is 11.9. The van der Waals surface area contributed by atoms with Crippen molar-refractivity contribution in [3.63, 3.8) is 0 Å². The molecule has 4 heteroatoms. The van der Waals surface area contributed by atoms with E-state index in [0.717, 1.165) is 30.4 Å². The van der Waals surface area contributed by atoms with E-state index in [1.54, 1.807) is 6.92 Å². The Morgan fingerprint density at radius 3 is 1.63 bits per heavy atom. The van der Waals surface area contributed by atoms with Gasteiger partial charge in [0, 0.05) is 17.5 Å². The molecule has 4 nitrogen and oxygen atoms in total. The Morgan fingerprint density at radius 2 is 1.20 bits per heavy atom. The summed E-state index contributed by atoms with van der Waals surface area (Å²) < 4.78 is 0. The Hall–Kier alpha value is -2.75. The van der Waals surface area contributed by atoms with Gasteiger partial charge in [-0.1, -0.05) is 119 Å². The molecule has 2 aliphatic carbocycles. The number of carboxylic acids is 1. The summed E-state index contributed by atoms with van der Waals surface area (Å²) in [5, 5.41) is 8.73. The van der Waals surface area contributed by atoms with E-state index in [9.17, 15) is 14.4 Å². The molecule has 1 N–H and O–H groups in total. The molecule has 35 heavy (non-hydrogen) atoms. The van der Waals surface area contributed by atoms with Crippen LogP contribution in [-0.4, -0.2) is 22.6 Å². The molecule has 2 fully saturated rings. The number of hydrogen-bond donors (Lipinski definition) is 1. The van der Waals surface area contributed by atoms with Crippen molar-refractivity contribution < 1.29 is 19.5 Å². The molecule has 2 aromatic carbocycles. The molecule has 0 heterocycles. The highest BCUT2D eigenvalue weighted by Crippen LogP contribution is 2.30. The van der Waals surface area contributed by atoms with Gasteiger partial charge < -0.3 is 5.11 Å². The lowest BCUT2D eigenvalue weighted by molar-refractivity contribution is -0.143. The van der Waals surface area contributed by atoms with Gasteiger partial charge >= 0.3 is 5.97 Å². The fraction of sp³-hybridized carbons (Fsp3) is 0.516. The number of carbonyl (C=O) groups excluding carboxylic acids is 2. The van der Waals surface area contributed by atoms with Crippen molar-refractivity contribution in [3.05, 3.63) is 71.8 Å². The zero-order valence-electron chi connectivity index (χ0n) is 21.5. The monoisotopic (exact) mass is 478 g/mol. The van der Waals surface area contributed by atoms with E-state index < -0.39 is 5.97 Å². The second kappa shape index (κ2) is 16.0. The first-order valence-corrected chi connectivity index (χ1v) is 13.3. The topological polar surface area (TPSA) is 71.4 Å². The van der Waals surface area contributed by atoms with E-state index >= 15 is 0 Å². The van der Waals surface area contributed by atoms with Crippen LogP contribution >= 0.6 is 0 Å². The van der Waals surface area contributed by atoms with E-state index in [-0.39, 0.29) is 11.7 Å². The lowest BCUT2D eigenvalue weighted by atomic mass is 9.81. The highest BCUT2D eigenvalue weighted by molar-refractivity contribution is 5.96. The molecule has 0 bridgehead atoms. The van der Waals surface area contributed by atoms with Gasteiger partial charge in [-0.05, 0) is 31.6 Å². The molecule has 1 atom stereocenters. The summed E-state index contributed by atoms with van der Waals surface area (Å²) in [6.07, 6.45) is 13.2. The number of carboxylic acid groups (broad SMARTS) is 1. The van der Waals surface area contributed by atoms with Gasteiger partial charge in [-0.25, -0.2) is 0 Å². The predicted octanol–water partition coefficient (Wildman–Crippen LogP) is 8.02. The highest BCUT2D eigenvalue weighted by Gasteiger charge is 2.24. The molecule has 190 valence electrons. The number of rotatable bonds is 6. The van der Waals surface area contributed by atoms with Crippen molar-refractivity contribution in [2.75, 3.05) is 0 Å². The fourth-order valence-electron chi connectivity index (χ4n) is 4.90. The van der Waals surface area contributed by atoms with Gasteiger partial charge in [0.15, 0.2) is 11.6 Å². The van der Waals surface area contributed by atoms with E-state index in [1.165, 1.54) is 51.4 Å². The van der Waals surface area contributed by atoms with Crippen LogP contribution in [0.5, 0.6) is 0 Å². The molecule has 4 rings (SSSR count). The Bertz CT molecular complexity index is 879. The molecule has 1 unspecified atom stereocenters. The third-order valence-corrected chi connectivity index (χ3v) is 7.22. The first kappa shape index (κ1) is 28.5. The number of carbonyl (C=O) groups is 3. The molecule has 0 saturated heterocycles. The standard InChI is InChI=1S/C14H18O.C9H16O2.C8H8O/c15-14(13-9-5-2-6-10-13)11-12-7-3-1-4-8-12;1-7(9(10)11)8-5-3-2-4-6-8;1-7(9)8-5-3-2-4-6-8/h2,5-6,9-10,12H,1,3-4,7-8,11H2;7-8H,2-6H2,1H3,(H,10,11);2-6H,1H3. The molecular formula is C31H42O4. The third-order valence-electron chi connectivity index (χ3n) is 7.22. The maximum Gasteiger partial charge on any atom is 0.306 e. The van der Waals surface area contributed by atoms with E-state index in [1.807, 2.05) is 67.6 Å². The van der Waals surface area contributed by atoms with E-state index in [0.29, 0.717) is 17.6 Å². The summed E-state index contributed by atoms with van der Waals surface area (Å²) in [6, 6.07) is 18.9. The molecule has 2 saturated carbocycles. The lowest BCUT2D eigenvalue weighted by Crippen LogP contribution is -2.22. The summed E-state index contributed by atoms with van der Waals surface area (Å²) in [5.74, 6) is 0.776. The van der Waals surface area contributed by atoms with Crippen LogP contribution < -0.4 is 0 Å². The van der Waals surface area contributed by atoms with Crippen LogP contribution in [0.4, 0.5) is 0 Å². The number of ketones is 2. The van der Waals surface area contributed by atoms with Gasteiger partial charge in [-0.2, -0.15) is 0 Å². The Morgan fingerprint density at radius 1 is 0.743 bits per heavy atom. The maximum atomic E-state index is 11.9. The summed E-state index contributed by atoms with van der Waals surface area (Å²) in [7, 11) is 0. The molecule has 0 radical (unpaired) electrons. The van der Waals surface area contributed by atoms with Crippen molar-refractivity contribution in [1.82, 2.24) is 0 Å². The molecule has 0 aromatic heterocycles. The molecule has 2 aliphatic rings. The average molecular weight is 479 g/mol. The first-order valence-electron chi connectivity index (χ1n) is 13.3. The fourth-order valence-corrected chi connectivity index (χ4v) is 4.90. The highest BCUT2D eigenvalue weighted by atomic mass is 16.4. The molecule has 0 aliphatic heterocycles. The van der Waals surface area contributed by atoms with Gasteiger partial charge in [0.2, 0.25) is 0 Å². The summed E-state index contributed by atoms with van der Waals surface area (Å²) in [6.45, 7) is 3.40. The second-order valence-electron chi connectivity index (χ2n) is 9.94. The largest absolute Gasteiger partial charge is 0.481 e. The molecule has 0 amide bonds. The van der Waals surface area contributed by atoms with Gasteiger partial charge in [-0.3, -0.25) is 14.4 Å². The van der Waals surface area contributed by atoms with Gasteiger partial charge in [0.25, 0.3) is 0 Å². The van der Waals surface area contributed by atoms with Crippen LogP contribution in [0, 0.1) is 17.8 Å². The van der Waals surface area contributed by atoms with Crippen LogP contribution in [0.3, 0.4) is 0 Å². The van der Waals surface area contributed by atoms with Crippen molar-refractivity contribution in [3.8, 4) is 0 Å². The Kier molecular flexibility index (Phi) is 13.0. The molecule has 2 aromatic rings. The van der Waals surface area contributed by atoms with Gasteiger partial charge in [0.05, 0.1) is 5.92 Å². The Balaban J connectivity index is 0.000000193. The number of Topliss-reactive ketones (excluding diaryl/α,β-unsaturated/α-hetero) is 2. The summed E-state index contributed by atoms with van der Waals surface area (Å²) in [4.78, 5) is 33.2. The third kappa shape index (κ3) is 11.0. The van der Waals surface area contributed by atoms with Crippen LogP contribution in [0.15, 0.2) is 60.7 Å². The van der Waals surface area contributed by atoms with Crippen molar-refractivity contribution in [1.29, 1.82) is 0 Å². The van der Waals surface area contributed by atoms with Crippen molar-refractivity contribution >= 4 is 17.5 Å². The number of aliphatic carboxylic acids is 1. The average Bonchev–Trinajstić information content (AvgIpc) is 2.91. The molecule has 0 spiro atoms. The van der Waals surface area contributed by atoms with Crippen LogP contribution in [0.2, 0.25) is 0 Å². The van der Waals surface area contributed by atoms with Crippen molar-refractivity contribution in [2.24, 2.45) is 17.8 Å². The smallest absolute Gasteiger partial charge is 0.306 e. The van der Waals surface area contributed by atoms with E-state index in [2.05, 4.69) is 0 Å². The zero-order valence-corrected chi connectivity index (χ0v) is 21.5. The van der Waals surface area contributed by atoms with Crippen LogP contribution in [0.25, 0.3) is 0 Å².